The highest BCUT2D eigenvalue weighted by Crippen LogP contribution is 2.44. The number of ether oxygens (including phenoxy) is 6. The summed E-state index contributed by atoms with van der Waals surface area (Å²) in [7, 11) is 0. The standard InChI is InChI=1S/C18H18O2.2C12H16O2.C11H13FO2.C11H14O2.C6H12O2.CH4/c1-12(2)18(19)20-11-17-15-9-5-3-7-13(15)14-8-4-6-10-16(14)17;2*1-9(2)12(13)14-8-11-6-4-10(3)5-7-11;1-8(2)11(13)14-7-9-3-5-10(12)6-4-9;1-9(2)11(12)13-8-10-6-4-3-5-7-10;1-4-8-6(7)5(2)3;/h3-10,12,17H,11H2,1-2H3;2*4-7,9H,8H2,1-3H3;3-6,8H,7H2,1-2H3;3-7,9H,8H2,1-2H3;5H,4H2,1-3H3;1H4. The molecule has 0 spiro atoms. The van der Waals surface area contributed by atoms with Crippen LogP contribution in [0.1, 0.15) is 148 Å². The van der Waals surface area contributed by atoms with Crippen LogP contribution in [0.5, 0.6) is 0 Å². The van der Waals surface area contributed by atoms with E-state index in [1.165, 1.54) is 45.5 Å². The van der Waals surface area contributed by atoms with Crippen molar-refractivity contribution in [3.63, 3.8) is 0 Å². The monoisotopic (exact) mass is 1160 g/mol. The smallest absolute Gasteiger partial charge is 0.308 e. The van der Waals surface area contributed by atoms with E-state index in [0.29, 0.717) is 33.0 Å². The first kappa shape index (κ1) is 74.1. The Hall–Kier alpha value is -7.93. The van der Waals surface area contributed by atoms with Crippen molar-refractivity contribution in [2.24, 2.45) is 35.5 Å². The second-order valence-corrected chi connectivity index (χ2v) is 21.6. The van der Waals surface area contributed by atoms with Gasteiger partial charge in [-0.3, -0.25) is 28.8 Å². The summed E-state index contributed by atoms with van der Waals surface area (Å²) in [5.74, 6) is -1.43. The van der Waals surface area contributed by atoms with Crippen LogP contribution in [0, 0.1) is 55.2 Å². The Kier molecular flexibility index (Phi) is 35.6. The maximum Gasteiger partial charge on any atom is 0.308 e. The number of halogens is 1. The fourth-order valence-electron chi connectivity index (χ4n) is 6.89. The van der Waals surface area contributed by atoms with Gasteiger partial charge in [0.25, 0.3) is 0 Å². The molecule has 0 fully saturated rings. The van der Waals surface area contributed by atoms with Crippen molar-refractivity contribution < 1.29 is 61.6 Å². The highest BCUT2D eigenvalue weighted by molar-refractivity contribution is 5.79. The minimum absolute atomic E-state index is 0. The van der Waals surface area contributed by atoms with Crippen LogP contribution in [0.15, 0.2) is 152 Å². The Labute approximate surface area is 500 Å². The first-order valence-electron chi connectivity index (χ1n) is 28.4. The molecule has 1 aliphatic rings. The third-order valence-electron chi connectivity index (χ3n) is 12.0. The predicted molar refractivity (Wildman–Crippen MR) is 331 cm³/mol. The maximum absolute atomic E-state index is 12.5. The molecule has 6 aromatic carbocycles. The highest BCUT2D eigenvalue weighted by Gasteiger charge is 2.29. The van der Waals surface area contributed by atoms with Gasteiger partial charge >= 0.3 is 35.8 Å². The van der Waals surface area contributed by atoms with E-state index in [4.69, 9.17) is 23.7 Å². The van der Waals surface area contributed by atoms with E-state index in [0.717, 1.165) is 22.3 Å². The topological polar surface area (TPSA) is 158 Å². The summed E-state index contributed by atoms with van der Waals surface area (Å²) in [4.78, 5) is 66.7. The number of rotatable bonds is 17. The highest BCUT2D eigenvalue weighted by atomic mass is 19.1. The van der Waals surface area contributed by atoms with E-state index in [2.05, 4.69) is 41.1 Å². The molecule has 12 nitrogen and oxygen atoms in total. The fourth-order valence-corrected chi connectivity index (χ4v) is 6.89. The zero-order chi connectivity index (χ0) is 62.0. The van der Waals surface area contributed by atoms with Crippen molar-refractivity contribution in [3.05, 3.63) is 202 Å². The van der Waals surface area contributed by atoms with Gasteiger partial charge in [0.2, 0.25) is 0 Å². The van der Waals surface area contributed by atoms with Crippen molar-refractivity contribution >= 4 is 35.8 Å². The van der Waals surface area contributed by atoms with E-state index < -0.39 is 0 Å². The SMILES string of the molecule is C.CC(C)C(=O)OCC1c2ccccc2-c2ccccc21.CC(C)C(=O)OCc1ccc(F)cc1.CC(C)C(=O)OCc1ccccc1.CCOC(=O)C(C)C.Cc1ccc(COC(=O)C(C)C)cc1.Cc1ccc(COC(=O)C(C)C)cc1. The predicted octanol–water partition coefficient (Wildman–Crippen LogP) is 16.1. The van der Waals surface area contributed by atoms with E-state index in [9.17, 15) is 33.2 Å². The van der Waals surface area contributed by atoms with Gasteiger partial charge in [-0.05, 0) is 77.4 Å². The minimum atomic E-state index is -0.288. The van der Waals surface area contributed by atoms with Crippen molar-refractivity contribution in [3.8, 4) is 11.1 Å². The molecule has 0 bridgehead atoms. The number of carbonyl (C=O) groups excluding carboxylic acids is 6. The lowest BCUT2D eigenvalue weighted by molar-refractivity contribution is -0.149. The van der Waals surface area contributed by atoms with Gasteiger partial charge in [-0.15, -0.1) is 0 Å². The van der Waals surface area contributed by atoms with Gasteiger partial charge in [0, 0.05) is 5.92 Å². The summed E-state index contributed by atoms with van der Waals surface area (Å²) in [5, 5.41) is 0. The lowest BCUT2D eigenvalue weighted by Gasteiger charge is -2.15. The van der Waals surface area contributed by atoms with Crippen molar-refractivity contribution in [2.75, 3.05) is 13.2 Å². The molecule has 0 saturated carbocycles. The molecule has 0 N–H and O–H groups in total. The number of carbonyl (C=O) groups is 6. The summed E-state index contributed by atoms with van der Waals surface area (Å²) >= 11 is 0. The van der Waals surface area contributed by atoms with Crippen molar-refractivity contribution in [1.82, 2.24) is 0 Å². The third-order valence-corrected chi connectivity index (χ3v) is 12.0. The molecule has 7 rings (SSSR count). The summed E-state index contributed by atoms with van der Waals surface area (Å²) < 4.78 is 42.8. The lowest BCUT2D eigenvalue weighted by Crippen LogP contribution is -2.16. The van der Waals surface area contributed by atoms with Crippen LogP contribution < -0.4 is 0 Å². The van der Waals surface area contributed by atoms with Crippen LogP contribution in [0.3, 0.4) is 0 Å². The Morgan fingerprint density at radius 2 is 0.619 bits per heavy atom. The maximum atomic E-state index is 12.5. The largest absolute Gasteiger partial charge is 0.466 e. The average molecular weight is 1160 g/mol. The molecule has 0 atom stereocenters. The molecule has 0 radical (unpaired) electrons. The van der Waals surface area contributed by atoms with Crippen LogP contribution in [-0.2, 0) is 83.6 Å². The summed E-state index contributed by atoms with van der Waals surface area (Å²) in [6.07, 6.45) is 0. The van der Waals surface area contributed by atoms with Crippen molar-refractivity contribution in [1.29, 1.82) is 0 Å². The number of aryl methyl sites for hydroxylation is 2. The zero-order valence-corrected chi connectivity index (χ0v) is 51.5. The van der Waals surface area contributed by atoms with Crippen LogP contribution in [-0.4, -0.2) is 49.0 Å². The van der Waals surface area contributed by atoms with Crippen molar-refractivity contribution in [2.45, 2.75) is 144 Å². The molecule has 13 heteroatoms. The third kappa shape index (κ3) is 29.4. The Morgan fingerprint density at radius 3 is 0.917 bits per heavy atom. The number of benzene rings is 6. The van der Waals surface area contributed by atoms with E-state index in [1.807, 2.05) is 174 Å². The quantitative estimate of drug-likeness (QED) is 0.0630. The number of hydrogen-bond acceptors (Lipinski definition) is 12. The average Bonchev–Trinajstić information content (AvgIpc) is 3.99. The first-order valence-corrected chi connectivity index (χ1v) is 28.4. The molecule has 0 aliphatic heterocycles. The Bertz CT molecular complexity index is 2650. The molecule has 0 saturated heterocycles. The molecular weight excluding hydrogens is 1060 g/mol. The Morgan fingerprint density at radius 1 is 0.357 bits per heavy atom. The summed E-state index contributed by atoms with van der Waals surface area (Å²) in [5.41, 5.74) is 11.3. The molecule has 456 valence electrons. The van der Waals surface area contributed by atoms with Gasteiger partial charge in [-0.25, -0.2) is 4.39 Å². The van der Waals surface area contributed by atoms with Crippen LogP contribution in [0.4, 0.5) is 4.39 Å². The molecular formula is C71H93FO12. The molecule has 0 unspecified atom stereocenters. The normalized spacial score (nSPS) is 10.7. The minimum Gasteiger partial charge on any atom is -0.466 e. The fraction of sp³-hybridized carbons (Fsp3) is 0.408. The lowest BCUT2D eigenvalue weighted by atomic mass is 9.98. The van der Waals surface area contributed by atoms with Crippen LogP contribution in [0.25, 0.3) is 11.1 Å². The molecule has 0 heterocycles. The first-order chi connectivity index (χ1) is 39.3. The van der Waals surface area contributed by atoms with Gasteiger partial charge in [0.05, 0.1) is 42.1 Å². The second-order valence-electron chi connectivity index (χ2n) is 21.6. The van der Waals surface area contributed by atoms with Gasteiger partial charge in [0.1, 0.15) is 38.9 Å². The summed E-state index contributed by atoms with van der Waals surface area (Å²) in [6, 6.07) is 48.2. The van der Waals surface area contributed by atoms with Crippen LogP contribution in [0.2, 0.25) is 0 Å². The van der Waals surface area contributed by atoms with Gasteiger partial charge in [0.15, 0.2) is 0 Å². The van der Waals surface area contributed by atoms with Gasteiger partial charge in [-0.2, -0.15) is 0 Å². The molecule has 0 amide bonds. The van der Waals surface area contributed by atoms with Crippen LogP contribution >= 0.6 is 0 Å². The summed E-state index contributed by atoms with van der Waals surface area (Å²) in [6.45, 7) is 30.0. The second kappa shape index (κ2) is 40.3. The Balaban J connectivity index is 0.000000512. The molecule has 0 aromatic heterocycles. The van der Waals surface area contributed by atoms with Gasteiger partial charge < -0.3 is 28.4 Å². The molecule has 6 aromatic rings. The molecule has 84 heavy (non-hydrogen) atoms. The number of esters is 6. The zero-order valence-electron chi connectivity index (χ0n) is 51.5. The number of fused-ring (bicyclic) bond motifs is 3. The van der Waals surface area contributed by atoms with Gasteiger partial charge in [-0.1, -0.05) is 241 Å². The number of hydrogen-bond donors (Lipinski definition) is 0. The van der Waals surface area contributed by atoms with E-state index in [1.54, 1.807) is 32.9 Å². The molecule has 1 aliphatic carbocycles. The van der Waals surface area contributed by atoms with E-state index >= 15 is 0 Å². The van der Waals surface area contributed by atoms with E-state index in [-0.39, 0.29) is 97.1 Å².